The number of carbonyl (C=O) groups is 3. The summed E-state index contributed by atoms with van der Waals surface area (Å²) in [6, 6.07) is 16.5. The predicted molar refractivity (Wildman–Crippen MR) is 113 cm³/mol. The number of hydrogen-bond acceptors (Lipinski definition) is 5. The molecule has 6 heteroatoms. The van der Waals surface area contributed by atoms with E-state index in [0.717, 1.165) is 32.4 Å². The Morgan fingerprint density at radius 2 is 1.67 bits per heavy atom. The van der Waals surface area contributed by atoms with Crippen molar-refractivity contribution in [1.29, 1.82) is 0 Å². The fourth-order valence-corrected chi connectivity index (χ4v) is 4.45. The number of piperidine rings is 1. The predicted octanol–water partition coefficient (Wildman–Crippen LogP) is 3.06. The lowest BCUT2D eigenvalue weighted by Gasteiger charge is -2.34. The van der Waals surface area contributed by atoms with Crippen LogP contribution in [0, 0.1) is 5.92 Å². The van der Waals surface area contributed by atoms with Gasteiger partial charge in [0.05, 0.1) is 30.8 Å². The topological polar surface area (TPSA) is 66.9 Å². The second-order valence-electron chi connectivity index (χ2n) is 7.99. The van der Waals surface area contributed by atoms with Crippen LogP contribution in [-0.4, -0.2) is 48.9 Å². The molecule has 2 amide bonds. The summed E-state index contributed by atoms with van der Waals surface area (Å²) in [5.41, 5.74) is 2.24. The average molecular weight is 406 g/mol. The Balaban J connectivity index is 1.38. The zero-order valence-electron chi connectivity index (χ0n) is 17.1. The zero-order valence-corrected chi connectivity index (χ0v) is 17.1. The highest BCUT2D eigenvalue weighted by atomic mass is 16.5. The van der Waals surface area contributed by atoms with Crippen molar-refractivity contribution in [2.45, 2.75) is 31.7 Å². The van der Waals surface area contributed by atoms with Crippen molar-refractivity contribution >= 4 is 23.5 Å². The number of carbonyl (C=O) groups excluding carboxylic acids is 3. The van der Waals surface area contributed by atoms with E-state index >= 15 is 0 Å². The second-order valence-corrected chi connectivity index (χ2v) is 7.99. The summed E-state index contributed by atoms with van der Waals surface area (Å²) in [5, 5.41) is 0. The molecule has 4 rings (SSSR count). The molecule has 1 unspecified atom stereocenters. The van der Waals surface area contributed by atoms with Crippen molar-refractivity contribution in [3.8, 4) is 0 Å². The molecule has 2 aliphatic rings. The van der Waals surface area contributed by atoms with Gasteiger partial charge in [-0.05, 0) is 68.1 Å². The van der Waals surface area contributed by atoms with Gasteiger partial charge in [-0.1, -0.05) is 30.3 Å². The van der Waals surface area contributed by atoms with Gasteiger partial charge in [0.2, 0.25) is 5.91 Å². The highest BCUT2D eigenvalue weighted by Gasteiger charge is 2.43. The number of benzene rings is 2. The number of anilines is 1. The number of ether oxygens (including phenoxy) is 1. The number of rotatable bonds is 5. The molecule has 2 saturated heterocycles. The Morgan fingerprint density at radius 1 is 1.00 bits per heavy atom. The van der Waals surface area contributed by atoms with Crippen LogP contribution in [0.2, 0.25) is 0 Å². The third-order valence-corrected chi connectivity index (χ3v) is 6.13. The highest BCUT2D eigenvalue weighted by Crippen LogP contribution is 2.30. The first-order valence-corrected chi connectivity index (χ1v) is 10.4. The molecule has 30 heavy (non-hydrogen) atoms. The quantitative estimate of drug-likeness (QED) is 0.564. The summed E-state index contributed by atoms with van der Waals surface area (Å²) in [5.74, 6) is -0.204. The first-order valence-electron chi connectivity index (χ1n) is 10.4. The Morgan fingerprint density at radius 3 is 2.30 bits per heavy atom. The van der Waals surface area contributed by atoms with Crippen molar-refractivity contribution < 1.29 is 19.1 Å². The fourth-order valence-electron chi connectivity index (χ4n) is 4.45. The van der Waals surface area contributed by atoms with Crippen LogP contribution in [0.1, 0.15) is 35.2 Å². The van der Waals surface area contributed by atoms with Gasteiger partial charge in [-0.2, -0.15) is 0 Å². The van der Waals surface area contributed by atoms with Gasteiger partial charge in [0.15, 0.2) is 0 Å². The number of likely N-dealkylation sites (tertiary alicyclic amines) is 1. The number of amides is 2. The molecular weight excluding hydrogens is 380 g/mol. The molecule has 0 aliphatic carbocycles. The lowest BCUT2D eigenvalue weighted by atomic mass is 9.89. The van der Waals surface area contributed by atoms with E-state index in [9.17, 15) is 14.4 Å². The standard InChI is InChI=1S/C24H26N2O4/c1-30-24(29)19-7-9-20(10-8-19)26-22(27)16-21(23(26)28)25-13-11-18(12-14-25)15-17-5-3-2-4-6-17/h2-10,18,21H,11-16H2,1H3. The van der Waals surface area contributed by atoms with Gasteiger partial charge in [-0.3, -0.25) is 14.5 Å². The van der Waals surface area contributed by atoms with Crippen LogP contribution in [0.5, 0.6) is 0 Å². The van der Waals surface area contributed by atoms with Crippen LogP contribution >= 0.6 is 0 Å². The maximum atomic E-state index is 13.0. The molecule has 2 aromatic carbocycles. The van der Waals surface area contributed by atoms with E-state index in [1.54, 1.807) is 24.3 Å². The van der Waals surface area contributed by atoms with Gasteiger partial charge in [0, 0.05) is 0 Å². The van der Waals surface area contributed by atoms with Crippen molar-refractivity contribution in [3.05, 3.63) is 65.7 Å². The lowest BCUT2D eigenvalue weighted by molar-refractivity contribution is -0.123. The molecule has 0 radical (unpaired) electrons. The zero-order chi connectivity index (χ0) is 21.1. The number of methoxy groups -OCH3 is 1. The Hall–Kier alpha value is -2.99. The second kappa shape index (κ2) is 8.79. The highest BCUT2D eigenvalue weighted by molar-refractivity contribution is 6.22. The SMILES string of the molecule is COC(=O)c1ccc(N2C(=O)CC(N3CCC(Cc4ccccc4)CC3)C2=O)cc1. The summed E-state index contributed by atoms with van der Waals surface area (Å²) in [6.07, 6.45) is 3.33. The fraction of sp³-hybridized carbons (Fsp3) is 0.375. The third-order valence-electron chi connectivity index (χ3n) is 6.13. The maximum Gasteiger partial charge on any atom is 0.337 e. The summed E-state index contributed by atoms with van der Waals surface area (Å²) >= 11 is 0. The Bertz CT molecular complexity index is 918. The Labute approximate surface area is 176 Å². The van der Waals surface area contributed by atoms with Gasteiger partial charge < -0.3 is 4.74 Å². The van der Waals surface area contributed by atoms with Crippen LogP contribution in [-0.2, 0) is 20.7 Å². The molecule has 156 valence electrons. The summed E-state index contributed by atoms with van der Waals surface area (Å²) in [4.78, 5) is 40.6. The summed E-state index contributed by atoms with van der Waals surface area (Å²) < 4.78 is 4.69. The minimum atomic E-state index is -0.447. The van der Waals surface area contributed by atoms with Gasteiger partial charge in [0.25, 0.3) is 5.91 Å². The van der Waals surface area contributed by atoms with Crippen LogP contribution in [0.3, 0.4) is 0 Å². The molecule has 0 bridgehead atoms. The molecule has 2 heterocycles. The average Bonchev–Trinajstić information content (AvgIpc) is 3.08. The molecule has 0 N–H and O–H groups in total. The largest absolute Gasteiger partial charge is 0.465 e. The first-order chi connectivity index (χ1) is 14.6. The van der Waals surface area contributed by atoms with Crippen molar-refractivity contribution in [1.82, 2.24) is 4.90 Å². The number of esters is 1. The molecule has 2 aliphatic heterocycles. The van der Waals surface area contributed by atoms with E-state index in [-0.39, 0.29) is 18.2 Å². The van der Waals surface area contributed by atoms with Gasteiger partial charge in [0.1, 0.15) is 0 Å². The molecular formula is C24H26N2O4. The molecule has 1 atom stereocenters. The van der Waals surface area contributed by atoms with E-state index < -0.39 is 12.0 Å². The normalized spacial score (nSPS) is 20.6. The Kier molecular flexibility index (Phi) is 5.95. The van der Waals surface area contributed by atoms with E-state index in [0.29, 0.717) is 17.2 Å². The molecule has 0 spiro atoms. The van der Waals surface area contributed by atoms with Crippen LogP contribution in [0.15, 0.2) is 54.6 Å². The molecule has 2 aromatic rings. The number of imide groups is 1. The lowest BCUT2D eigenvalue weighted by Crippen LogP contribution is -2.46. The van der Waals surface area contributed by atoms with Crippen LogP contribution in [0.4, 0.5) is 5.69 Å². The molecule has 0 aromatic heterocycles. The maximum absolute atomic E-state index is 13.0. The van der Waals surface area contributed by atoms with Gasteiger partial charge in [-0.25, -0.2) is 9.69 Å². The van der Waals surface area contributed by atoms with Crippen LogP contribution < -0.4 is 4.90 Å². The monoisotopic (exact) mass is 406 g/mol. The third kappa shape index (κ3) is 4.14. The first kappa shape index (κ1) is 20.3. The van der Waals surface area contributed by atoms with Crippen molar-refractivity contribution in [2.24, 2.45) is 5.92 Å². The minimum Gasteiger partial charge on any atom is -0.465 e. The van der Waals surface area contributed by atoms with E-state index in [1.165, 1.54) is 17.6 Å². The van der Waals surface area contributed by atoms with Crippen molar-refractivity contribution in [2.75, 3.05) is 25.1 Å². The minimum absolute atomic E-state index is 0.174. The molecule has 2 fully saturated rings. The number of hydrogen-bond donors (Lipinski definition) is 0. The van der Waals surface area contributed by atoms with E-state index in [2.05, 4.69) is 29.2 Å². The molecule has 6 nitrogen and oxygen atoms in total. The summed E-state index contributed by atoms with van der Waals surface area (Å²) in [7, 11) is 1.32. The van der Waals surface area contributed by atoms with Crippen LogP contribution in [0.25, 0.3) is 0 Å². The summed E-state index contributed by atoms with van der Waals surface area (Å²) in [6.45, 7) is 1.66. The molecule has 0 saturated carbocycles. The van der Waals surface area contributed by atoms with Gasteiger partial charge >= 0.3 is 5.97 Å². The van der Waals surface area contributed by atoms with Gasteiger partial charge in [-0.15, -0.1) is 0 Å². The van der Waals surface area contributed by atoms with E-state index in [4.69, 9.17) is 4.74 Å². The number of nitrogens with zero attached hydrogens (tertiary/aromatic N) is 2. The van der Waals surface area contributed by atoms with Crippen molar-refractivity contribution in [3.63, 3.8) is 0 Å². The smallest absolute Gasteiger partial charge is 0.337 e. The van der Waals surface area contributed by atoms with E-state index in [1.807, 2.05) is 6.07 Å².